The molecular weight excluding hydrogens is 276 g/mol. The van der Waals surface area contributed by atoms with Crippen LogP contribution in [0.25, 0.3) is 6.08 Å². The van der Waals surface area contributed by atoms with Crippen LogP contribution < -0.4 is 0 Å². The highest BCUT2D eigenvalue weighted by Gasteiger charge is 2.02. The number of hydrogen-bond donors (Lipinski definition) is 0. The maximum absolute atomic E-state index is 11.6. The zero-order chi connectivity index (χ0) is 10.7. The van der Waals surface area contributed by atoms with E-state index in [1.54, 1.807) is 24.3 Å². The fourth-order valence-corrected chi connectivity index (χ4v) is 2.04. The molecule has 0 bridgehead atoms. The van der Waals surface area contributed by atoms with Gasteiger partial charge in [-0.25, -0.2) is 0 Å². The van der Waals surface area contributed by atoms with E-state index in [-0.39, 0.29) is 5.78 Å². The summed E-state index contributed by atoms with van der Waals surface area (Å²) in [4.78, 5) is 12.3. The van der Waals surface area contributed by atoms with E-state index in [1.165, 1.54) is 17.4 Å². The molecule has 0 aliphatic heterocycles. The number of furan rings is 1. The topological polar surface area (TPSA) is 30.2 Å². The third-order valence-corrected chi connectivity index (χ3v) is 3.07. The Bertz CT molecular complexity index is 482. The summed E-state index contributed by atoms with van der Waals surface area (Å²) in [5.41, 5.74) is 0. The first kappa shape index (κ1) is 10.4. The molecule has 0 atom stereocenters. The molecule has 0 N–H and O–H groups in total. The second-order valence-corrected chi connectivity index (χ2v) is 4.55. The number of carbonyl (C=O) groups is 1. The van der Waals surface area contributed by atoms with E-state index in [0.717, 1.165) is 4.88 Å². The van der Waals surface area contributed by atoms with Gasteiger partial charge in [0, 0.05) is 0 Å². The SMILES string of the molecule is O=C(C=Cc1ccc(Br)o1)c1cccs1. The number of thiophene rings is 1. The largest absolute Gasteiger partial charge is 0.450 e. The maximum Gasteiger partial charge on any atom is 0.195 e. The quantitative estimate of drug-likeness (QED) is 0.629. The van der Waals surface area contributed by atoms with Crippen LogP contribution in [0.2, 0.25) is 0 Å². The lowest BCUT2D eigenvalue weighted by molar-refractivity contribution is 0.105. The van der Waals surface area contributed by atoms with Crippen molar-refractivity contribution in [2.24, 2.45) is 0 Å². The third kappa shape index (κ3) is 2.67. The van der Waals surface area contributed by atoms with Gasteiger partial charge in [-0.2, -0.15) is 0 Å². The van der Waals surface area contributed by atoms with Gasteiger partial charge in [-0.3, -0.25) is 4.79 Å². The van der Waals surface area contributed by atoms with Crippen LogP contribution in [0.5, 0.6) is 0 Å². The molecule has 0 fully saturated rings. The van der Waals surface area contributed by atoms with Crippen molar-refractivity contribution in [3.8, 4) is 0 Å². The summed E-state index contributed by atoms with van der Waals surface area (Å²) in [5, 5.41) is 1.88. The van der Waals surface area contributed by atoms with Crippen molar-refractivity contribution < 1.29 is 9.21 Å². The zero-order valence-corrected chi connectivity index (χ0v) is 10.0. The van der Waals surface area contributed by atoms with Gasteiger partial charge in [0.05, 0.1) is 4.88 Å². The molecule has 0 saturated heterocycles. The average molecular weight is 283 g/mol. The number of carbonyl (C=O) groups excluding carboxylic acids is 1. The molecule has 4 heteroatoms. The molecule has 0 amide bonds. The Balaban J connectivity index is 2.09. The second kappa shape index (κ2) is 4.59. The number of hydrogen-bond acceptors (Lipinski definition) is 3. The Morgan fingerprint density at radius 2 is 2.27 bits per heavy atom. The molecule has 2 aromatic heterocycles. The van der Waals surface area contributed by atoms with E-state index in [1.807, 2.05) is 11.4 Å². The van der Waals surface area contributed by atoms with Crippen molar-refractivity contribution in [3.05, 3.63) is 51.0 Å². The van der Waals surface area contributed by atoms with Crippen LogP contribution in [0.3, 0.4) is 0 Å². The number of allylic oxidation sites excluding steroid dienone is 1. The molecule has 0 saturated carbocycles. The Morgan fingerprint density at radius 1 is 1.40 bits per heavy atom. The summed E-state index contributed by atoms with van der Waals surface area (Å²) >= 11 is 4.63. The molecule has 15 heavy (non-hydrogen) atoms. The van der Waals surface area contributed by atoms with E-state index < -0.39 is 0 Å². The van der Waals surface area contributed by atoms with Crippen LogP contribution in [0.1, 0.15) is 15.4 Å². The van der Waals surface area contributed by atoms with Gasteiger partial charge in [-0.1, -0.05) is 6.07 Å². The molecule has 2 aromatic rings. The Morgan fingerprint density at radius 3 is 2.87 bits per heavy atom. The lowest BCUT2D eigenvalue weighted by atomic mass is 10.3. The number of ketones is 1. The fraction of sp³-hybridized carbons (Fsp3) is 0. The highest BCUT2D eigenvalue weighted by Crippen LogP contribution is 2.16. The molecule has 76 valence electrons. The minimum absolute atomic E-state index is 0.00229. The average Bonchev–Trinajstić information content (AvgIpc) is 2.84. The number of rotatable bonds is 3. The third-order valence-electron chi connectivity index (χ3n) is 1.76. The first-order valence-corrected chi connectivity index (χ1v) is 5.94. The van der Waals surface area contributed by atoms with Gasteiger partial charge in [0.1, 0.15) is 5.76 Å². The van der Waals surface area contributed by atoms with E-state index in [0.29, 0.717) is 10.4 Å². The van der Waals surface area contributed by atoms with Gasteiger partial charge in [0.15, 0.2) is 10.5 Å². The van der Waals surface area contributed by atoms with Crippen molar-refractivity contribution in [2.75, 3.05) is 0 Å². The summed E-state index contributed by atoms with van der Waals surface area (Å²) in [6.07, 6.45) is 3.17. The minimum atomic E-state index is -0.00229. The first-order chi connectivity index (χ1) is 7.25. The summed E-state index contributed by atoms with van der Waals surface area (Å²) in [7, 11) is 0. The van der Waals surface area contributed by atoms with E-state index in [4.69, 9.17) is 4.42 Å². The number of halogens is 1. The summed E-state index contributed by atoms with van der Waals surface area (Å²) in [6.45, 7) is 0. The van der Waals surface area contributed by atoms with Crippen molar-refractivity contribution in [1.82, 2.24) is 0 Å². The Labute approximate surface area is 99.4 Å². The zero-order valence-electron chi connectivity index (χ0n) is 7.64. The van der Waals surface area contributed by atoms with Crippen LogP contribution in [-0.4, -0.2) is 5.78 Å². The van der Waals surface area contributed by atoms with Crippen molar-refractivity contribution >= 4 is 39.1 Å². The lowest BCUT2D eigenvalue weighted by Crippen LogP contribution is -1.87. The molecule has 0 aromatic carbocycles. The van der Waals surface area contributed by atoms with Gasteiger partial charge < -0.3 is 4.42 Å². The van der Waals surface area contributed by atoms with Crippen molar-refractivity contribution in [3.63, 3.8) is 0 Å². The van der Waals surface area contributed by atoms with Gasteiger partial charge in [0.2, 0.25) is 0 Å². The highest BCUT2D eigenvalue weighted by atomic mass is 79.9. The lowest BCUT2D eigenvalue weighted by Gasteiger charge is -1.87. The molecular formula is C11H7BrO2S. The molecule has 2 heterocycles. The predicted octanol–water partition coefficient (Wildman–Crippen LogP) is 4.00. The van der Waals surface area contributed by atoms with Crippen LogP contribution in [0.15, 0.2) is 44.8 Å². The highest BCUT2D eigenvalue weighted by molar-refractivity contribution is 9.10. The standard InChI is InChI=1S/C11H7BrO2S/c12-11-6-4-8(14-11)3-5-9(13)10-2-1-7-15-10/h1-7H. The smallest absolute Gasteiger partial charge is 0.195 e. The van der Waals surface area contributed by atoms with E-state index in [9.17, 15) is 4.79 Å². The summed E-state index contributed by atoms with van der Waals surface area (Å²) in [6, 6.07) is 7.24. The summed E-state index contributed by atoms with van der Waals surface area (Å²) in [5.74, 6) is 0.657. The van der Waals surface area contributed by atoms with Gasteiger partial charge >= 0.3 is 0 Å². The molecule has 0 spiro atoms. The molecule has 2 nitrogen and oxygen atoms in total. The first-order valence-electron chi connectivity index (χ1n) is 4.27. The van der Waals surface area contributed by atoms with Crippen LogP contribution in [0, 0.1) is 0 Å². The normalized spacial score (nSPS) is 11.0. The van der Waals surface area contributed by atoms with Gasteiger partial charge in [-0.15, -0.1) is 11.3 Å². The summed E-state index contributed by atoms with van der Waals surface area (Å²) < 4.78 is 5.89. The molecule has 2 rings (SSSR count). The van der Waals surface area contributed by atoms with Crippen LogP contribution in [-0.2, 0) is 0 Å². The van der Waals surface area contributed by atoms with Crippen LogP contribution in [0.4, 0.5) is 0 Å². The van der Waals surface area contributed by atoms with Gasteiger partial charge in [0.25, 0.3) is 0 Å². The van der Waals surface area contributed by atoms with Crippen LogP contribution >= 0.6 is 27.3 Å². The maximum atomic E-state index is 11.6. The van der Waals surface area contributed by atoms with E-state index >= 15 is 0 Å². The minimum Gasteiger partial charge on any atom is -0.450 e. The second-order valence-electron chi connectivity index (χ2n) is 2.82. The molecule has 0 unspecified atom stereocenters. The Hall–Kier alpha value is -1.13. The molecule has 0 aliphatic rings. The van der Waals surface area contributed by atoms with E-state index in [2.05, 4.69) is 15.9 Å². The van der Waals surface area contributed by atoms with Crippen molar-refractivity contribution in [2.45, 2.75) is 0 Å². The Kier molecular flexibility index (Phi) is 3.18. The molecule has 0 radical (unpaired) electrons. The van der Waals surface area contributed by atoms with Gasteiger partial charge in [-0.05, 0) is 51.7 Å². The predicted molar refractivity (Wildman–Crippen MR) is 64.1 cm³/mol. The fourth-order valence-electron chi connectivity index (χ4n) is 1.08. The van der Waals surface area contributed by atoms with Crippen molar-refractivity contribution in [1.29, 1.82) is 0 Å². The monoisotopic (exact) mass is 282 g/mol. The molecule has 0 aliphatic carbocycles.